The zero-order valence-electron chi connectivity index (χ0n) is 6.87. The highest BCUT2D eigenvalue weighted by Crippen LogP contribution is 2.35. The molecule has 72 valence electrons. The molecule has 1 N–H and O–H groups in total. The molecule has 0 aliphatic heterocycles. The van der Waals surface area contributed by atoms with Gasteiger partial charge in [-0.2, -0.15) is 0 Å². The van der Waals surface area contributed by atoms with Crippen LogP contribution in [-0.4, -0.2) is 10.1 Å². The lowest BCUT2D eigenvalue weighted by Gasteiger charge is -2.00. The first kappa shape index (κ1) is 9.77. The molecule has 2 rings (SSSR count). The lowest BCUT2D eigenvalue weighted by molar-refractivity contribution is 0.458. The molecule has 0 amide bonds. The van der Waals surface area contributed by atoms with E-state index in [9.17, 15) is 0 Å². The van der Waals surface area contributed by atoms with Crippen LogP contribution in [0.1, 0.15) is 0 Å². The van der Waals surface area contributed by atoms with E-state index in [4.69, 9.17) is 28.3 Å². The fourth-order valence-corrected chi connectivity index (χ4v) is 2.22. The minimum Gasteiger partial charge on any atom is -0.493 e. The maximum absolute atomic E-state index is 9.10. The first-order valence-electron chi connectivity index (χ1n) is 3.77. The Morgan fingerprint density at radius 2 is 2.07 bits per heavy atom. The topological polar surface area (TPSA) is 33.1 Å². The van der Waals surface area contributed by atoms with Crippen LogP contribution in [0.3, 0.4) is 0 Å². The Morgan fingerprint density at radius 1 is 1.29 bits per heavy atom. The Labute approximate surface area is 94.7 Å². The highest BCUT2D eigenvalue weighted by atomic mass is 35.5. The third-order valence-electron chi connectivity index (χ3n) is 1.67. The van der Waals surface area contributed by atoms with Crippen LogP contribution in [0.5, 0.6) is 5.88 Å². The van der Waals surface area contributed by atoms with Gasteiger partial charge in [-0.15, -0.1) is 11.3 Å². The predicted molar refractivity (Wildman–Crippen MR) is 59.2 cm³/mol. The van der Waals surface area contributed by atoms with Crippen molar-refractivity contribution in [3.8, 4) is 16.5 Å². The normalized spacial score (nSPS) is 10.4. The molecular weight excluding hydrogens is 241 g/mol. The van der Waals surface area contributed by atoms with Crippen LogP contribution >= 0.6 is 34.5 Å². The highest BCUT2D eigenvalue weighted by molar-refractivity contribution is 7.13. The summed E-state index contributed by atoms with van der Waals surface area (Å²) in [6, 6.07) is 5.31. The molecule has 0 bridgehead atoms. The number of thiazole rings is 1. The van der Waals surface area contributed by atoms with Crippen LogP contribution in [0.2, 0.25) is 10.0 Å². The Hall–Kier alpha value is -0.770. The average molecular weight is 246 g/mol. The monoisotopic (exact) mass is 245 g/mol. The number of aromatic nitrogens is 1. The first-order valence-corrected chi connectivity index (χ1v) is 5.41. The van der Waals surface area contributed by atoms with Crippen LogP contribution in [0, 0.1) is 0 Å². The lowest BCUT2D eigenvalue weighted by atomic mass is 10.2. The summed E-state index contributed by atoms with van der Waals surface area (Å²) in [5.41, 5.74) is 0.740. The van der Waals surface area contributed by atoms with Gasteiger partial charge in [-0.25, -0.2) is 4.98 Å². The molecule has 1 aromatic carbocycles. The fourth-order valence-electron chi connectivity index (χ4n) is 1.06. The van der Waals surface area contributed by atoms with E-state index in [0.29, 0.717) is 15.1 Å². The van der Waals surface area contributed by atoms with Gasteiger partial charge in [0.05, 0.1) is 15.4 Å². The summed E-state index contributed by atoms with van der Waals surface area (Å²) in [6.07, 6.45) is 0. The third kappa shape index (κ3) is 1.71. The van der Waals surface area contributed by atoms with Gasteiger partial charge in [0.1, 0.15) is 5.01 Å². The molecule has 2 aromatic rings. The van der Waals surface area contributed by atoms with E-state index in [1.165, 1.54) is 11.3 Å². The van der Waals surface area contributed by atoms with Crippen LogP contribution < -0.4 is 0 Å². The molecule has 0 aliphatic carbocycles. The van der Waals surface area contributed by atoms with Crippen molar-refractivity contribution in [3.05, 3.63) is 33.6 Å². The molecule has 1 heterocycles. The number of halogens is 2. The van der Waals surface area contributed by atoms with Gasteiger partial charge in [0.15, 0.2) is 0 Å². The largest absolute Gasteiger partial charge is 0.493 e. The van der Waals surface area contributed by atoms with E-state index in [2.05, 4.69) is 4.98 Å². The second-order valence-electron chi connectivity index (χ2n) is 2.61. The van der Waals surface area contributed by atoms with E-state index in [1.54, 1.807) is 17.5 Å². The summed E-state index contributed by atoms with van der Waals surface area (Å²) >= 11 is 13.2. The highest BCUT2D eigenvalue weighted by Gasteiger charge is 2.09. The van der Waals surface area contributed by atoms with Gasteiger partial charge in [-0.05, 0) is 6.07 Å². The van der Waals surface area contributed by atoms with Crippen molar-refractivity contribution >= 4 is 34.5 Å². The van der Waals surface area contributed by atoms with Crippen molar-refractivity contribution in [1.29, 1.82) is 0 Å². The van der Waals surface area contributed by atoms with Gasteiger partial charge >= 0.3 is 0 Å². The second-order valence-corrected chi connectivity index (χ2v) is 4.26. The summed E-state index contributed by atoms with van der Waals surface area (Å²) < 4.78 is 0. The maximum Gasteiger partial charge on any atom is 0.222 e. The quantitative estimate of drug-likeness (QED) is 0.829. The van der Waals surface area contributed by atoms with Crippen molar-refractivity contribution in [2.24, 2.45) is 0 Å². The number of rotatable bonds is 1. The van der Waals surface area contributed by atoms with E-state index >= 15 is 0 Å². The van der Waals surface area contributed by atoms with Gasteiger partial charge in [0, 0.05) is 5.56 Å². The molecule has 0 atom stereocenters. The fraction of sp³-hybridized carbons (Fsp3) is 0. The van der Waals surface area contributed by atoms with Crippen molar-refractivity contribution in [2.75, 3.05) is 0 Å². The molecule has 5 heteroatoms. The SMILES string of the molecule is Oc1csc(-c2cccc(Cl)c2Cl)n1. The number of benzene rings is 1. The van der Waals surface area contributed by atoms with Crippen LogP contribution in [0.4, 0.5) is 0 Å². The average Bonchev–Trinajstić information content (AvgIpc) is 2.57. The summed E-state index contributed by atoms with van der Waals surface area (Å²) in [4.78, 5) is 3.91. The molecule has 0 radical (unpaired) electrons. The summed E-state index contributed by atoms with van der Waals surface area (Å²) in [6.45, 7) is 0. The van der Waals surface area contributed by atoms with Crippen LogP contribution in [0.25, 0.3) is 10.6 Å². The van der Waals surface area contributed by atoms with Crippen molar-refractivity contribution in [1.82, 2.24) is 4.98 Å². The molecule has 0 spiro atoms. The Morgan fingerprint density at radius 3 is 2.71 bits per heavy atom. The third-order valence-corrected chi connectivity index (χ3v) is 3.36. The molecule has 14 heavy (non-hydrogen) atoms. The molecule has 1 aromatic heterocycles. The zero-order chi connectivity index (χ0) is 10.1. The minimum absolute atomic E-state index is 0.000965. The number of hydrogen-bond donors (Lipinski definition) is 1. The van der Waals surface area contributed by atoms with Gasteiger partial charge in [-0.3, -0.25) is 0 Å². The molecule has 0 fully saturated rings. The van der Waals surface area contributed by atoms with Crippen molar-refractivity contribution in [3.63, 3.8) is 0 Å². The molecule has 0 saturated heterocycles. The second kappa shape index (κ2) is 3.77. The minimum atomic E-state index is 0.000965. The van der Waals surface area contributed by atoms with E-state index in [-0.39, 0.29) is 5.88 Å². The van der Waals surface area contributed by atoms with Crippen molar-refractivity contribution in [2.45, 2.75) is 0 Å². The van der Waals surface area contributed by atoms with Crippen LogP contribution in [-0.2, 0) is 0 Å². The Balaban J connectivity index is 2.57. The number of aromatic hydroxyl groups is 1. The number of hydrogen-bond acceptors (Lipinski definition) is 3. The molecule has 2 nitrogen and oxygen atoms in total. The van der Waals surface area contributed by atoms with Crippen molar-refractivity contribution < 1.29 is 5.11 Å². The summed E-state index contributed by atoms with van der Waals surface area (Å²) in [7, 11) is 0. The predicted octanol–water partition coefficient (Wildman–Crippen LogP) is 3.82. The first-order chi connectivity index (χ1) is 6.68. The van der Waals surface area contributed by atoms with E-state index in [0.717, 1.165) is 5.56 Å². The standard InChI is InChI=1S/C9H5Cl2NOS/c10-6-3-1-2-5(8(6)11)9-12-7(13)4-14-9/h1-4,13H. The maximum atomic E-state index is 9.10. The van der Waals surface area contributed by atoms with Gasteiger partial charge < -0.3 is 5.11 Å². The molecule has 0 unspecified atom stereocenters. The van der Waals surface area contributed by atoms with E-state index in [1.807, 2.05) is 6.07 Å². The van der Waals surface area contributed by atoms with Crippen LogP contribution in [0.15, 0.2) is 23.6 Å². The summed E-state index contributed by atoms with van der Waals surface area (Å²) in [5, 5.41) is 12.3. The molecule has 0 saturated carbocycles. The van der Waals surface area contributed by atoms with Gasteiger partial charge in [0.25, 0.3) is 0 Å². The lowest BCUT2D eigenvalue weighted by Crippen LogP contribution is -1.78. The molecule has 0 aliphatic rings. The van der Waals surface area contributed by atoms with Gasteiger partial charge in [0.2, 0.25) is 5.88 Å². The Kier molecular flexibility index (Phi) is 2.63. The summed E-state index contributed by atoms with van der Waals surface area (Å²) in [5.74, 6) is 0.000965. The van der Waals surface area contributed by atoms with E-state index < -0.39 is 0 Å². The smallest absolute Gasteiger partial charge is 0.222 e. The molecular formula is C9H5Cl2NOS. The zero-order valence-corrected chi connectivity index (χ0v) is 9.20. The number of nitrogens with zero attached hydrogens (tertiary/aromatic N) is 1. The van der Waals surface area contributed by atoms with Gasteiger partial charge in [-0.1, -0.05) is 35.3 Å². The Bertz CT molecular complexity index is 470.